The fraction of sp³-hybridized carbons (Fsp3) is 0.455. The Morgan fingerprint density at radius 3 is 2.17 bits per heavy atom. The second kappa shape index (κ2) is 11.3. The number of carbonyl (C=O) groups is 2. The molecule has 4 rings (SSSR count). The highest BCUT2D eigenvalue weighted by atomic mass is 19.4. The third kappa shape index (κ3) is 7.26. The molecule has 1 amide bonds. The number of hydrogen-bond acceptors (Lipinski definition) is 8. The van der Waals surface area contributed by atoms with Crippen molar-refractivity contribution in [2.24, 2.45) is 0 Å². The molecule has 2 atom stereocenters. The van der Waals surface area contributed by atoms with Crippen molar-refractivity contribution in [3.63, 3.8) is 0 Å². The lowest BCUT2D eigenvalue weighted by atomic mass is 10.0. The Bertz CT molecular complexity index is 996. The molecule has 2 unspecified atom stereocenters. The van der Waals surface area contributed by atoms with Crippen LogP contribution in [0.2, 0.25) is 0 Å². The van der Waals surface area contributed by atoms with Gasteiger partial charge in [-0.1, -0.05) is 12.1 Å². The van der Waals surface area contributed by atoms with Crippen molar-refractivity contribution in [1.29, 1.82) is 0 Å². The Kier molecular flexibility index (Phi) is 8.46. The highest BCUT2D eigenvalue weighted by molar-refractivity contribution is 5.92. The predicted octanol–water partition coefficient (Wildman–Crippen LogP) is 2.35. The van der Waals surface area contributed by atoms with E-state index in [1.165, 1.54) is 24.4 Å². The monoisotopic (exact) mass is 497 g/mol. The van der Waals surface area contributed by atoms with Crippen LogP contribution in [0.1, 0.15) is 41.1 Å². The van der Waals surface area contributed by atoms with Crippen LogP contribution in [0.4, 0.5) is 19.1 Å². The lowest BCUT2D eigenvalue weighted by molar-refractivity contribution is -0.192. The molecule has 2 heterocycles. The molecule has 2 aliphatic rings. The van der Waals surface area contributed by atoms with E-state index in [0.717, 1.165) is 31.7 Å². The van der Waals surface area contributed by atoms with E-state index >= 15 is 0 Å². The summed E-state index contributed by atoms with van der Waals surface area (Å²) in [6, 6.07) is 9.43. The standard InChI is InChI=1S/C20H25N5O3.C2HF3O2/c1-28-16-4-2-13(3-5-16)17-10-18(17)23-15-6-8-25(9-7-15)20-21-11-14(12-22-20)19(26)24-27;3-2(4,5)1(6)7/h2-5,11-12,15,17-18,23,27H,6-10H2,1H3,(H,24,26);(H,6,7). The van der Waals surface area contributed by atoms with Gasteiger partial charge in [-0.05, 0) is 37.0 Å². The second-order valence-corrected chi connectivity index (χ2v) is 8.17. The first kappa shape index (κ1) is 26.2. The smallest absolute Gasteiger partial charge is 0.490 e. The van der Waals surface area contributed by atoms with E-state index in [0.29, 0.717) is 23.9 Å². The molecule has 1 aromatic carbocycles. The van der Waals surface area contributed by atoms with Crippen LogP contribution < -0.4 is 20.4 Å². The topological polar surface area (TPSA) is 137 Å². The fourth-order valence-corrected chi connectivity index (χ4v) is 3.81. The van der Waals surface area contributed by atoms with E-state index in [1.54, 1.807) is 12.6 Å². The van der Waals surface area contributed by atoms with Gasteiger partial charge in [-0.25, -0.2) is 20.2 Å². The van der Waals surface area contributed by atoms with Crippen LogP contribution in [-0.2, 0) is 4.79 Å². The Morgan fingerprint density at radius 2 is 1.69 bits per heavy atom. The van der Waals surface area contributed by atoms with Gasteiger partial charge in [0.25, 0.3) is 5.91 Å². The molecular formula is C22H26F3N5O5. The zero-order chi connectivity index (χ0) is 25.6. The van der Waals surface area contributed by atoms with Crippen LogP contribution in [0.15, 0.2) is 36.7 Å². The van der Waals surface area contributed by atoms with Gasteiger partial charge < -0.3 is 20.1 Å². The number of hydroxylamine groups is 1. The number of alkyl halides is 3. The number of hydrogen-bond donors (Lipinski definition) is 4. The van der Waals surface area contributed by atoms with E-state index in [-0.39, 0.29) is 5.56 Å². The summed E-state index contributed by atoms with van der Waals surface area (Å²) in [5.41, 5.74) is 3.19. The van der Waals surface area contributed by atoms with Gasteiger partial charge in [0.15, 0.2) is 0 Å². The summed E-state index contributed by atoms with van der Waals surface area (Å²) in [6.45, 7) is 1.76. The number of aliphatic carboxylic acids is 1. The molecule has 1 aliphatic heterocycles. The molecule has 2 fully saturated rings. The maximum absolute atomic E-state index is 11.3. The van der Waals surface area contributed by atoms with Crippen molar-refractivity contribution in [3.05, 3.63) is 47.8 Å². The maximum atomic E-state index is 11.3. The minimum absolute atomic E-state index is 0.237. The highest BCUT2D eigenvalue weighted by Crippen LogP contribution is 2.42. The Labute approximate surface area is 199 Å². The lowest BCUT2D eigenvalue weighted by Crippen LogP contribution is -2.44. The van der Waals surface area contributed by atoms with Gasteiger partial charge >= 0.3 is 12.1 Å². The molecule has 190 valence electrons. The van der Waals surface area contributed by atoms with Crippen molar-refractivity contribution in [3.8, 4) is 5.75 Å². The SMILES string of the molecule is COc1ccc(C2CC2NC2CCN(c3ncc(C(=O)NO)cn3)CC2)cc1.O=C(O)C(F)(F)F. The molecule has 0 radical (unpaired) electrons. The molecule has 0 spiro atoms. The predicted molar refractivity (Wildman–Crippen MR) is 117 cm³/mol. The van der Waals surface area contributed by atoms with Gasteiger partial charge in [-0.3, -0.25) is 10.0 Å². The average molecular weight is 497 g/mol. The van der Waals surface area contributed by atoms with Crippen LogP contribution in [-0.4, -0.2) is 70.6 Å². The molecule has 1 aromatic heterocycles. The van der Waals surface area contributed by atoms with Gasteiger partial charge in [-0.15, -0.1) is 0 Å². The van der Waals surface area contributed by atoms with Crippen molar-refractivity contribution in [1.82, 2.24) is 20.8 Å². The van der Waals surface area contributed by atoms with Crippen LogP contribution in [0.25, 0.3) is 0 Å². The van der Waals surface area contributed by atoms with Crippen molar-refractivity contribution in [2.75, 3.05) is 25.1 Å². The molecule has 2 aromatic rings. The van der Waals surface area contributed by atoms with Crippen molar-refractivity contribution in [2.45, 2.75) is 43.4 Å². The summed E-state index contributed by atoms with van der Waals surface area (Å²) < 4.78 is 37.0. The maximum Gasteiger partial charge on any atom is 0.490 e. The molecule has 1 saturated heterocycles. The number of aromatic nitrogens is 2. The molecule has 10 nitrogen and oxygen atoms in total. The number of amides is 1. The number of anilines is 1. The quantitative estimate of drug-likeness (QED) is 0.350. The zero-order valence-corrected chi connectivity index (χ0v) is 18.8. The number of halogens is 3. The van der Waals surface area contributed by atoms with Crippen molar-refractivity contribution >= 4 is 17.8 Å². The molecule has 35 heavy (non-hydrogen) atoms. The second-order valence-electron chi connectivity index (χ2n) is 8.17. The number of rotatable bonds is 6. The molecule has 1 aliphatic carbocycles. The first-order valence-corrected chi connectivity index (χ1v) is 10.8. The number of nitrogens with zero attached hydrogens (tertiary/aromatic N) is 3. The minimum atomic E-state index is -5.08. The van der Waals surface area contributed by atoms with E-state index < -0.39 is 18.1 Å². The van der Waals surface area contributed by atoms with Gasteiger partial charge in [0.05, 0.1) is 12.7 Å². The van der Waals surface area contributed by atoms with Gasteiger partial charge in [0.2, 0.25) is 5.95 Å². The fourth-order valence-electron chi connectivity index (χ4n) is 3.81. The average Bonchev–Trinajstić information content (AvgIpc) is 3.63. The lowest BCUT2D eigenvalue weighted by Gasteiger charge is -2.32. The number of carbonyl (C=O) groups excluding carboxylic acids is 1. The van der Waals surface area contributed by atoms with E-state index in [4.69, 9.17) is 19.8 Å². The Hall–Kier alpha value is -3.45. The molecule has 1 saturated carbocycles. The number of benzene rings is 1. The molecule has 4 N–H and O–H groups in total. The number of ether oxygens (including phenoxy) is 1. The largest absolute Gasteiger partial charge is 0.497 e. The summed E-state index contributed by atoms with van der Waals surface area (Å²) in [4.78, 5) is 30.9. The summed E-state index contributed by atoms with van der Waals surface area (Å²) >= 11 is 0. The van der Waals surface area contributed by atoms with Crippen LogP contribution in [0.5, 0.6) is 5.75 Å². The van der Waals surface area contributed by atoms with E-state index in [9.17, 15) is 18.0 Å². The minimum Gasteiger partial charge on any atom is -0.497 e. The molecular weight excluding hydrogens is 471 g/mol. The normalized spacial score (nSPS) is 19.9. The van der Waals surface area contributed by atoms with Crippen LogP contribution >= 0.6 is 0 Å². The number of carboxylic acids is 1. The van der Waals surface area contributed by atoms with Gasteiger partial charge in [0, 0.05) is 43.5 Å². The highest BCUT2D eigenvalue weighted by Gasteiger charge is 2.40. The van der Waals surface area contributed by atoms with Crippen molar-refractivity contribution < 1.29 is 37.8 Å². The molecule has 0 bridgehead atoms. The van der Waals surface area contributed by atoms with Gasteiger partial charge in [-0.2, -0.15) is 13.2 Å². The summed E-state index contributed by atoms with van der Waals surface area (Å²) in [7, 11) is 1.69. The number of carboxylic acid groups (broad SMARTS) is 1. The Balaban J connectivity index is 0.000000429. The van der Waals surface area contributed by atoms with E-state index in [1.807, 2.05) is 12.1 Å². The summed E-state index contributed by atoms with van der Waals surface area (Å²) in [6.07, 6.45) is 1.04. The summed E-state index contributed by atoms with van der Waals surface area (Å²) in [5.74, 6) is -1.25. The Morgan fingerprint density at radius 1 is 1.11 bits per heavy atom. The summed E-state index contributed by atoms with van der Waals surface area (Å²) in [5, 5.41) is 19.6. The third-order valence-electron chi connectivity index (χ3n) is 5.81. The first-order chi connectivity index (χ1) is 16.6. The van der Waals surface area contributed by atoms with Crippen LogP contribution in [0, 0.1) is 0 Å². The molecule has 13 heteroatoms. The third-order valence-corrected chi connectivity index (χ3v) is 5.81. The van der Waals surface area contributed by atoms with Gasteiger partial charge in [0.1, 0.15) is 5.75 Å². The number of methoxy groups -OCH3 is 1. The first-order valence-electron chi connectivity index (χ1n) is 10.8. The zero-order valence-electron chi connectivity index (χ0n) is 18.8. The number of piperidine rings is 1. The van der Waals surface area contributed by atoms with Crippen LogP contribution in [0.3, 0.4) is 0 Å². The van der Waals surface area contributed by atoms with E-state index in [2.05, 4.69) is 32.3 Å². The number of nitrogens with one attached hydrogen (secondary N) is 2.